The lowest BCUT2D eigenvalue weighted by molar-refractivity contribution is 0.0536. The summed E-state index contributed by atoms with van der Waals surface area (Å²) >= 11 is 5.53. The Kier molecular flexibility index (Phi) is 3.56. The van der Waals surface area contributed by atoms with E-state index in [-0.39, 0.29) is 11.9 Å². The molecule has 2 heterocycles. The molecule has 0 unspecified atom stereocenters. The van der Waals surface area contributed by atoms with E-state index in [2.05, 4.69) is 15.3 Å². The highest BCUT2D eigenvalue weighted by atomic mass is 35.5. The van der Waals surface area contributed by atoms with Crippen molar-refractivity contribution in [3.8, 4) is 5.75 Å². The highest BCUT2D eigenvalue weighted by molar-refractivity contribution is 6.28. The van der Waals surface area contributed by atoms with Gasteiger partial charge in [0.2, 0.25) is 5.28 Å². The van der Waals surface area contributed by atoms with Crippen LogP contribution in [-0.2, 0) is 0 Å². The Morgan fingerprint density at radius 1 is 1.38 bits per heavy atom. The van der Waals surface area contributed by atoms with Crippen molar-refractivity contribution in [2.45, 2.75) is 18.5 Å². The van der Waals surface area contributed by atoms with Crippen LogP contribution in [0.15, 0.2) is 12.4 Å². The third-order valence-electron chi connectivity index (χ3n) is 2.59. The lowest BCUT2D eigenvalue weighted by atomic mass is 9.96. The average Bonchev–Trinajstić information content (AvgIpc) is 2.29. The summed E-state index contributed by atoms with van der Waals surface area (Å²) < 4.78 is 19.4. The fraction of sp³-hybridized carbons (Fsp3) is 0.600. The zero-order chi connectivity index (χ0) is 11.4. The molecule has 0 radical (unpaired) electrons. The van der Waals surface area contributed by atoms with Crippen LogP contribution in [0, 0.1) is 0 Å². The quantitative estimate of drug-likeness (QED) is 0.822. The van der Waals surface area contributed by atoms with Gasteiger partial charge in [0.25, 0.3) is 0 Å². The van der Waals surface area contributed by atoms with E-state index in [1.807, 2.05) is 0 Å². The normalized spacial score (nSPS) is 19.4. The Morgan fingerprint density at radius 2 is 2.00 bits per heavy atom. The van der Waals surface area contributed by atoms with Crippen molar-refractivity contribution in [3.63, 3.8) is 0 Å². The predicted octanol–water partition coefficient (Wildman–Crippen LogP) is 1.60. The molecule has 0 atom stereocenters. The maximum atomic E-state index is 14.1. The monoisotopic (exact) mass is 245 g/mol. The van der Waals surface area contributed by atoms with E-state index >= 15 is 0 Å². The molecule has 0 bridgehead atoms. The Bertz CT molecular complexity index is 340. The first-order valence-electron chi connectivity index (χ1n) is 5.18. The van der Waals surface area contributed by atoms with E-state index in [1.165, 1.54) is 12.4 Å². The first kappa shape index (κ1) is 11.5. The number of halogens is 2. The molecule has 1 aromatic rings. The van der Waals surface area contributed by atoms with Gasteiger partial charge in [-0.3, -0.25) is 0 Å². The number of nitrogens with one attached hydrogen (secondary N) is 1. The SMILES string of the molecule is FC1(COc2cnc(Cl)nc2)CCNCC1. The van der Waals surface area contributed by atoms with Crippen molar-refractivity contribution in [3.05, 3.63) is 17.7 Å². The van der Waals surface area contributed by atoms with Crippen LogP contribution in [0.25, 0.3) is 0 Å². The van der Waals surface area contributed by atoms with Crippen molar-refractivity contribution in [2.24, 2.45) is 0 Å². The summed E-state index contributed by atoms with van der Waals surface area (Å²) in [6.07, 6.45) is 3.84. The number of hydrogen-bond acceptors (Lipinski definition) is 4. The number of rotatable bonds is 3. The molecule has 1 aliphatic heterocycles. The van der Waals surface area contributed by atoms with Crippen LogP contribution in [0.2, 0.25) is 5.28 Å². The van der Waals surface area contributed by atoms with Crippen molar-refractivity contribution in [1.82, 2.24) is 15.3 Å². The fourth-order valence-electron chi connectivity index (χ4n) is 1.61. The van der Waals surface area contributed by atoms with Crippen LogP contribution < -0.4 is 10.1 Å². The molecule has 0 aromatic carbocycles. The Labute approximate surface area is 98.2 Å². The van der Waals surface area contributed by atoms with E-state index in [9.17, 15) is 4.39 Å². The van der Waals surface area contributed by atoms with Gasteiger partial charge in [-0.2, -0.15) is 0 Å². The van der Waals surface area contributed by atoms with Crippen LogP contribution in [0.5, 0.6) is 5.75 Å². The minimum atomic E-state index is -1.25. The highest BCUT2D eigenvalue weighted by Gasteiger charge is 2.32. The molecular formula is C10H13ClFN3O. The Hall–Kier alpha value is -0.940. The van der Waals surface area contributed by atoms with Crippen molar-refractivity contribution >= 4 is 11.6 Å². The van der Waals surface area contributed by atoms with Crippen LogP contribution in [0.1, 0.15) is 12.8 Å². The second-order valence-corrected chi connectivity index (χ2v) is 4.22. The number of hydrogen-bond donors (Lipinski definition) is 1. The molecule has 16 heavy (non-hydrogen) atoms. The zero-order valence-electron chi connectivity index (χ0n) is 8.75. The smallest absolute Gasteiger partial charge is 0.222 e. The lowest BCUT2D eigenvalue weighted by Gasteiger charge is -2.29. The molecule has 0 amide bonds. The molecule has 0 aliphatic carbocycles. The molecule has 1 fully saturated rings. The van der Waals surface area contributed by atoms with Crippen molar-refractivity contribution < 1.29 is 9.13 Å². The molecule has 0 spiro atoms. The zero-order valence-corrected chi connectivity index (χ0v) is 9.50. The lowest BCUT2D eigenvalue weighted by Crippen LogP contribution is -2.42. The number of ether oxygens (including phenoxy) is 1. The average molecular weight is 246 g/mol. The van der Waals surface area contributed by atoms with Gasteiger partial charge < -0.3 is 10.1 Å². The van der Waals surface area contributed by atoms with Gasteiger partial charge in [0, 0.05) is 0 Å². The standard InChI is InChI=1S/C10H13ClFN3O/c11-9-14-5-8(6-15-9)16-7-10(12)1-3-13-4-2-10/h5-6,13H,1-4,7H2. The minimum absolute atomic E-state index is 0.0413. The molecule has 1 saturated heterocycles. The third kappa shape index (κ3) is 3.02. The fourth-order valence-corrected chi connectivity index (χ4v) is 1.70. The van der Waals surface area contributed by atoms with Gasteiger partial charge in [-0.15, -0.1) is 0 Å². The molecule has 4 nitrogen and oxygen atoms in total. The molecule has 0 saturated carbocycles. The molecular weight excluding hydrogens is 233 g/mol. The van der Waals surface area contributed by atoms with Gasteiger partial charge in [-0.05, 0) is 37.5 Å². The van der Waals surface area contributed by atoms with Gasteiger partial charge in [-0.1, -0.05) is 0 Å². The largest absolute Gasteiger partial charge is 0.487 e. The number of aromatic nitrogens is 2. The molecule has 1 aromatic heterocycles. The molecule has 6 heteroatoms. The second kappa shape index (κ2) is 4.93. The van der Waals surface area contributed by atoms with E-state index in [0.29, 0.717) is 31.7 Å². The first-order chi connectivity index (χ1) is 7.68. The Balaban J connectivity index is 1.88. The van der Waals surface area contributed by atoms with Gasteiger partial charge in [0.1, 0.15) is 12.3 Å². The topological polar surface area (TPSA) is 47.0 Å². The van der Waals surface area contributed by atoms with Gasteiger partial charge >= 0.3 is 0 Å². The number of piperidine rings is 1. The summed E-state index contributed by atoms with van der Waals surface area (Å²) in [5.74, 6) is 0.444. The van der Waals surface area contributed by atoms with Crippen LogP contribution in [0.3, 0.4) is 0 Å². The molecule has 2 rings (SSSR count). The summed E-state index contributed by atoms with van der Waals surface area (Å²) in [5, 5.41) is 3.26. The second-order valence-electron chi connectivity index (χ2n) is 3.88. The third-order valence-corrected chi connectivity index (χ3v) is 2.79. The maximum absolute atomic E-state index is 14.1. The molecule has 1 N–H and O–H groups in total. The summed E-state index contributed by atoms with van der Waals surface area (Å²) in [4.78, 5) is 7.52. The summed E-state index contributed by atoms with van der Waals surface area (Å²) in [6, 6.07) is 0. The van der Waals surface area contributed by atoms with E-state index in [1.54, 1.807) is 0 Å². The number of nitrogens with zero attached hydrogens (tertiary/aromatic N) is 2. The van der Waals surface area contributed by atoms with Gasteiger partial charge in [0.05, 0.1) is 12.4 Å². The maximum Gasteiger partial charge on any atom is 0.222 e. The van der Waals surface area contributed by atoms with Crippen molar-refractivity contribution in [2.75, 3.05) is 19.7 Å². The van der Waals surface area contributed by atoms with Crippen LogP contribution in [0.4, 0.5) is 4.39 Å². The first-order valence-corrected chi connectivity index (χ1v) is 5.56. The van der Waals surface area contributed by atoms with E-state index in [0.717, 1.165) is 0 Å². The predicted molar refractivity (Wildman–Crippen MR) is 58.5 cm³/mol. The summed E-state index contributed by atoms with van der Waals surface area (Å²) in [7, 11) is 0. The highest BCUT2D eigenvalue weighted by Crippen LogP contribution is 2.24. The van der Waals surface area contributed by atoms with Gasteiger partial charge in [0.15, 0.2) is 5.75 Å². The summed E-state index contributed by atoms with van der Waals surface area (Å²) in [5.41, 5.74) is -1.25. The van der Waals surface area contributed by atoms with E-state index in [4.69, 9.17) is 16.3 Å². The van der Waals surface area contributed by atoms with Crippen LogP contribution in [-0.4, -0.2) is 35.3 Å². The number of alkyl halides is 1. The van der Waals surface area contributed by atoms with Gasteiger partial charge in [-0.25, -0.2) is 14.4 Å². The summed E-state index contributed by atoms with van der Waals surface area (Å²) in [6.45, 7) is 1.42. The molecule has 88 valence electrons. The minimum Gasteiger partial charge on any atom is -0.487 e. The van der Waals surface area contributed by atoms with Crippen LogP contribution >= 0.6 is 11.6 Å². The van der Waals surface area contributed by atoms with Crippen molar-refractivity contribution in [1.29, 1.82) is 0 Å². The Morgan fingerprint density at radius 3 is 2.62 bits per heavy atom. The molecule has 1 aliphatic rings. The van der Waals surface area contributed by atoms with E-state index < -0.39 is 5.67 Å².